The lowest BCUT2D eigenvalue weighted by molar-refractivity contribution is -0.161. The van der Waals surface area contributed by atoms with E-state index in [1.165, 1.54) is 122 Å². The largest absolute Gasteiger partial charge is 0.472 e. The minimum absolute atomic E-state index is 0.102. The lowest BCUT2D eigenvalue weighted by atomic mass is 10.00. The molecule has 0 bridgehead atoms. The molecule has 84 heavy (non-hydrogen) atoms. The highest BCUT2D eigenvalue weighted by Gasteiger charge is 2.30. The van der Waals surface area contributed by atoms with Crippen molar-refractivity contribution in [2.24, 2.45) is 17.8 Å². The standard InChI is InChI=1S/C65H126O17P2/c1-8-10-11-12-13-14-15-19-24-32-39-46-62(67)75-52-60(81-64(69)48-41-34-25-20-17-16-18-22-29-36-43-56(3)4)54-79-83(71,72)77-50-59(66)51-78-84(73,74)80-55-61(82-65(70)49-42-35-26-21-23-30-37-44-57(5)6)53-76-63(68)47-40-33-28-27-31-38-45-58(7)9-2/h56-61,66H,8-55H2,1-7H3,(H,71,72)(H,73,74)/t58?,59-,60-,61-/m1/s1. The first kappa shape index (κ1) is 82.1. The van der Waals surface area contributed by atoms with Crippen molar-refractivity contribution in [3.8, 4) is 0 Å². The van der Waals surface area contributed by atoms with Crippen LogP contribution in [0.1, 0.15) is 318 Å². The van der Waals surface area contributed by atoms with Gasteiger partial charge in [-0.25, -0.2) is 9.13 Å². The maximum atomic E-state index is 13.0. The van der Waals surface area contributed by atoms with Crippen LogP contribution in [0, 0.1) is 17.8 Å². The fourth-order valence-electron chi connectivity index (χ4n) is 9.62. The third kappa shape index (κ3) is 57.8. The lowest BCUT2D eigenvalue weighted by Gasteiger charge is -2.21. The van der Waals surface area contributed by atoms with E-state index in [4.69, 9.17) is 37.0 Å². The van der Waals surface area contributed by atoms with Crippen molar-refractivity contribution in [3.63, 3.8) is 0 Å². The molecule has 0 aromatic rings. The van der Waals surface area contributed by atoms with E-state index in [0.717, 1.165) is 108 Å². The Hall–Kier alpha value is -1.94. The van der Waals surface area contributed by atoms with Gasteiger partial charge in [0.1, 0.15) is 19.3 Å². The Balaban J connectivity index is 5.25. The zero-order valence-electron chi connectivity index (χ0n) is 54.4. The van der Waals surface area contributed by atoms with E-state index >= 15 is 0 Å². The normalized spacial score (nSPS) is 14.7. The maximum absolute atomic E-state index is 13.0. The van der Waals surface area contributed by atoms with Gasteiger partial charge in [-0.3, -0.25) is 37.3 Å². The maximum Gasteiger partial charge on any atom is 0.472 e. The fraction of sp³-hybridized carbons (Fsp3) is 0.938. The molecule has 0 fully saturated rings. The summed E-state index contributed by atoms with van der Waals surface area (Å²) >= 11 is 0. The van der Waals surface area contributed by atoms with E-state index in [1.807, 2.05) is 0 Å². The third-order valence-corrected chi connectivity index (χ3v) is 17.1. The summed E-state index contributed by atoms with van der Waals surface area (Å²) in [6.07, 6.45) is 37.6. The Morgan fingerprint density at radius 1 is 0.345 bits per heavy atom. The van der Waals surface area contributed by atoms with E-state index in [0.29, 0.717) is 31.6 Å². The first-order chi connectivity index (χ1) is 40.3. The molecule has 0 rings (SSSR count). The van der Waals surface area contributed by atoms with Crippen LogP contribution in [0.3, 0.4) is 0 Å². The van der Waals surface area contributed by atoms with Crippen LogP contribution in [-0.4, -0.2) is 96.7 Å². The topological polar surface area (TPSA) is 237 Å². The summed E-state index contributed by atoms with van der Waals surface area (Å²) < 4.78 is 68.0. The fourth-order valence-corrected chi connectivity index (χ4v) is 11.2. The average molecular weight is 1240 g/mol. The molecule has 0 heterocycles. The molecule has 3 N–H and O–H groups in total. The van der Waals surface area contributed by atoms with Gasteiger partial charge in [0.25, 0.3) is 0 Å². The summed E-state index contributed by atoms with van der Waals surface area (Å²) in [6.45, 7) is 11.7. The van der Waals surface area contributed by atoms with Crippen molar-refractivity contribution < 1.29 is 80.2 Å². The third-order valence-electron chi connectivity index (χ3n) is 15.2. The highest BCUT2D eigenvalue weighted by atomic mass is 31.2. The molecule has 19 heteroatoms. The van der Waals surface area contributed by atoms with Crippen molar-refractivity contribution in [1.29, 1.82) is 0 Å². The number of ether oxygens (including phenoxy) is 4. The van der Waals surface area contributed by atoms with Crippen LogP contribution in [0.15, 0.2) is 0 Å². The highest BCUT2D eigenvalue weighted by molar-refractivity contribution is 7.47. The molecular weight excluding hydrogens is 1110 g/mol. The SMILES string of the molecule is CCCCCCCCCCCCCC(=O)OC[C@H](COP(=O)(O)OC[C@@H](O)COP(=O)(O)OC[C@@H](COC(=O)CCCCCCCCC(C)CC)OC(=O)CCCCCCCCCC(C)C)OC(=O)CCCCCCCCCCCCC(C)C. The van der Waals surface area contributed by atoms with Crippen LogP contribution in [0.4, 0.5) is 0 Å². The first-order valence-corrected chi connectivity index (χ1v) is 36.9. The molecular formula is C65H126O17P2. The Morgan fingerprint density at radius 2 is 0.607 bits per heavy atom. The van der Waals surface area contributed by atoms with Crippen LogP contribution in [-0.2, 0) is 65.4 Å². The summed E-state index contributed by atoms with van der Waals surface area (Å²) in [6, 6.07) is 0. The molecule has 17 nitrogen and oxygen atoms in total. The number of carbonyl (C=O) groups is 4. The van der Waals surface area contributed by atoms with Crippen molar-refractivity contribution in [1.82, 2.24) is 0 Å². The van der Waals surface area contributed by atoms with Crippen LogP contribution < -0.4 is 0 Å². The number of esters is 4. The molecule has 0 aromatic carbocycles. The average Bonchev–Trinajstić information content (AvgIpc) is 3.53. The van der Waals surface area contributed by atoms with Gasteiger partial charge in [-0.15, -0.1) is 0 Å². The molecule has 0 saturated carbocycles. The molecule has 0 aliphatic heterocycles. The summed E-state index contributed by atoms with van der Waals surface area (Å²) in [5, 5.41) is 10.5. The van der Waals surface area contributed by atoms with Crippen molar-refractivity contribution in [2.45, 2.75) is 336 Å². The van der Waals surface area contributed by atoms with Crippen molar-refractivity contribution in [3.05, 3.63) is 0 Å². The first-order valence-electron chi connectivity index (χ1n) is 33.9. The molecule has 498 valence electrons. The number of unbranched alkanes of at least 4 members (excludes halogenated alkanes) is 30. The number of aliphatic hydroxyl groups is 1. The molecule has 0 saturated heterocycles. The second-order valence-corrected chi connectivity index (χ2v) is 27.6. The van der Waals surface area contributed by atoms with Crippen LogP contribution in [0.5, 0.6) is 0 Å². The van der Waals surface area contributed by atoms with Crippen LogP contribution >= 0.6 is 15.6 Å². The van der Waals surface area contributed by atoms with Gasteiger partial charge in [0.2, 0.25) is 0 Å². The van der Waals surface area contributed by atoms with Gasteiger partial charge in [-0.2, -0.15) is 0 Å². The zero-order valence-corrected chi connectivity index (χ0v) is 56.1. The van der Waals surface area contributed by atoms with E-state index in [9.17, 15) is 43.2 Å². The van der Waals surface area contributed by atoms with Crippen LogP contribution in [0.2, 0.25) is 0 Å². The number of carbonyl (C=O) groups excluding carboxylic acids is 4. The summed E-state index contributed by atoms with van der Waals surface area (Å²) in [4.78, 5) is 72.3. The molecule has 0 amide bonds. The molecule has 0 aliphatic carbocycles. The number of hydrogen-bond donors (Lipinski definition) is 3. The second kappa shape index (κ2) is 56.3. The number of rotatable bonds is 63. The second-order valence-electron chi connectivity index (χ2n) is 24.7. The summed E-state index contributed by atoms with van der Waals surface area (Å²) in [5.74, 6) is 0.0423. The smallest absolute Gasteiger partial charge is 0.462 e. The van der Waals surface area contributed by atoms with Gasteiger partial charge in [0, 0.05) is 25.7 Å². The highest BCUT2D eigenvalue weighted by Crippen LogP contribution is 2.45. The predicted octanol–water partition coefficient (Wildman–Crippen LogP) is 17.9. The van der Waals surface area contributed by atoms with Gasteiger partial charge in [-0.05, 0) is 43.4 Å². The van der Waals surface area contributed by atoms with Crippen molar-refractivity contribution in [2.75, 3.05) is 39.6 Å². The zero-order chi connectivity index (χ0) is 62.4. The number of aliphatic hydroxyl groups excluding tert-OH is 1. The van der Waals surface area contributed by atoms with Gasteiger partial charge < -0.3 is 33.8 Å². The molecule has 0 aromatic heterocycles. The van der Waals surface area contributed by atoms with Gasteiger partial charge in [-0.1, -0.05) is 267 Å². The minimum Gasteiger partial charge on any atom is -0.462 e. The van der Waals surface area contributed by atoms with E-state index < -0.39 is 97.5 Å². The Bertz CT molecular complexity index is 1670. The molecule has 3 unspecified atom stereocenters. The Labute approximate surface area is 511 Å². The van der Waals surface area contributed by atoms with E-state index in [1.54, 1.807) is 0 Å². The van der Waals surface area contributed by atoms with Gasteiger partial charge >= 0.3 is 39.5 Å². The summed E-state index contributed by atoms with van der Waals surface area (Å²) in [5.41, 5.74) is 0. The molecule has 0 spiro atoms. The number of phosphoric ester groups is 2. The molecule has 6 atom stereocenters. The van der Waals surface area contributed by atoms with E-state index in [-0.39, 0.29) is 25.7 Å². The monoisotopic (exact) mass is 1240 g/mol. The van der Waals surface area contributed by atoms with Gasteiger partial charge in [0.15, 0.2) is 12.2 Å². The Kier molecular flexibility index (Phi) is 55.0. The van der Waals surface area contributed by atoms with Crippen molar-refractivity contribution >= 4 is 39.5 Å². The number of phosphoric acid groups is 2. The Morgan fingerprint density at radius 3 is 0.905 bits per heavy atom. The van der Waals surface area contributed by atoms with Gasteiger partial charge in [0.05, 0.1) is 26.4 Å². The summed E-state index contributed by atoms with van der Waals surface area (Å²) in [7, 11) is -9.89. The predicted molar refractivity (Wildman–Crippen MR) is 335 cm³/mol. The van der Waals surface area contributed by atoms with E-state index in [2.05, 4.69) is 48.5 Å². The quantitative estimate of drug-likeness (QED) is 0.0222. The van der Waals surface area contributed by atoms with Crippen LogP contribution in [0.25, 0.3) is 0 Å². The molecule has 0 aliphatic rings. The minimum atomic E-state index is -4.95. The lowest BCUT2D eigenvalue weighted by Crippen LogP contribution is -2.30. The molecule has 0 radical (unpaired) electrons. The number of hydrogen-bond acceptors (Lipinski definition) is 15.